The van der Waals surface area contributed by atoms with Gasteiger partial charge in [-0.2, -0.15) is 5.26 Å². The molecule has 3 heterocycles. The molecule has 3 aromatic carbocycles. The van der Waals surface area contributed by atoms with Gasteiger partial charge < -0.3 is 15.4 Å². The van der Waals surface area contributed by atoms with Crippen molar-refractivity contribution in [3.63, 3.8) is 0 Å². The molecule has 1 atom stereocenters. The first-order valence-electron chi connectivity index (χ1n) is 15.3. The van der Waals surface area contributed by atoms with E-state index in [-0.39, 0.29) is 18.2 Å². The Morgan fingerprint density at radius 1 is 1.04 bits per heavy atom. The van der Waals surface area contributed by atoms with E-state index in [0.29, 0.717) is 28.8 Å². The smallest absolute Gasteiger partial charge is 0.228 e. The topological polar surface area (TPSA) is 113 Å². The van der Waals surface area contributed by atoms with Crippen LogP contribution in [0.4, 0.5) is 5.95 Å². The average Bonchev–Trinajstić information content (AvgIpc) is 3.07. The molecule has 8 nitrogen and oxygen atoms in total. The van der Waals surface area contributed by atoms with Crippen LogP contribution in [0.5, 0.6) is 11.6 Å². The SMILES string of the molecule is Cc1ccc2c(CC(=O)c3cccc(C(C)(C)C#N)c3)cccc2c1Oc1ncccc1-c1ccnc(N[C@H]2CCCNC2)n1. The number of anilines is 1. The summed E-state index contributed by atoms with van der Waals surface area (Å²) in [7, 11) is 0. The Hall–Kier alpha value is -5.13. The number of carbonyl (C=O) groups is 1. The number of aryl methyl sites for hydroxylation is 1. The molecule has 8 heteroatoms. The Labute approximate surface area is 263 Å². The van der Waals surface area contributed by atoms with Crippen LogP contribution in [0, 0.1) is 18.3 Å². The van der Waals surface area contributed by atoms with Crippen LogP contribution in [0.1, 0.15) is 53.7 Å². The number of aromatic nitrogens is 3. The van der Waals surface area contributed by atoms with Crippen LogP contribution in [0.15, 0.2) is 85.2 Å². The van der Waals surface area contributed by atoms with E-state index < -0.39 is 5.41 Å². The average molecular weight is 597 g/mol. The number of pyridine rings is 1. The maximum atomic E-state index is 13.5. The third-order valence-corrected chi connectivity index (χ3v) is 8.37. The third-order valence-electron chi connectivity index (χ3n) is 8.37. The zero-order valence-electron chi connectivity index (χ0n) is 25.8. The van der Waals surface area contributed by atoms with Crippen LogP contribution in [-0.4, -0.2) is 39.9 Å². The van der Waals surface area contributed by atoms with Crippen LogP contribution in [0.25, 0.3) is 22.0 Å². The molecule has 226 valence electrons. The van der Waals surface area contributed by atoms with Gasteiger partial charge in [-0.1, -0.05) is 48.5 Å². The van der Waals surface area contributed by atoms with Crippen molar-refractivity contribution in [2.24, 2.45) is 0 Å². The van der Waals surface area contributed by atoms with Gasteiger partial charge in [0.1, 0.15) is 5.75 Å². The highest BCUT2D eigenvalue weighted by Crippen LogP contribution is 2.38. The zero-order valence-corrected chi connectivity index (χ0v) is 25.8. The van der Waals surface area contributed by atoms with Gasteiger partial charge in [0.25, 0.3) is 0 Å². The number of benzene rings is 3. The molecule has 0 amide bonds. The number of fused-ring (bicyclic) bond motifs is 1. The number of hydrogen-bond donors (Lipinski definition) is 2. The number of Topliss-reactive ketones (excluding diaryl/α,β-unsaturated/α-hetero) is 1. The maximum Gasteiger partial charge on any atom is 0.228 e. The normalized spacial score (nSPS) is 14.9. The molecule has 2 aromatic heterocycles. The highest BCUT2D eigenvalue weighted by Gasteiger charge is 2.22. The molecule has 1 aliphatic rings. The molecule has 1 aliphatic heterocycles. The third kappa shape index (κ3) is 6.54. The van der Waals surface area contributed by atoms with Crippen molar-refractivity contribution in [2.75, 3.05) is 18.4 Å². The molecule has 1 saturated heterocycles. The van der Waals surface area contributed by atoms with E-state index in [9.17, 15) is 10.1 Å². The second kappa shape index (κ2) is 12.8. The lowest BCUT2D eigenvalue weighted by atomic mass is 9.85. The molecule has 2 N–H and O–H groups in total. The first-order valence-corrected chi connectivity index (χ1v) is 15.3. The predicted octanol–water partition coefficient (Wildman–Crippen LogP) is 7.18. The fraction of sp³-hybridized carbons (Fsp3) is 0.270. The molecule has 1 fully saturated rings. The largest absolute Gasteiger partial charge is 0.437 e. The van der Waals surface area contributed by atoms with E-state index in [1.54, 1.807) is 12.4 Å². The Kier molecular flexibility index (Phi) is 8.54. The zero-order chi connectivity index (χ0) is 31.4. The highest BCUT2D eigenvalue weighted by molar-refractivity contribution is 6.01. The van der Waals surface area contributed by atoms with E-state index in [2.05, 4.69) is 26.7 Å². The van der Waals surface area contributed by atoms with Gasteiger partial charge in [-0.3, -0.25) is 4.79 Å². The van der Waals surface area contributed by atoms with Crippen LogP contribution >= 0.6 is 0 Å². The first-order chi connectivity index (χ1) is 21.8. The molecular weight excluding hydrogens is 560 g/mol. The monoisotopic (exact) mass is 596 g/mol. The lowest BCUT2D eigenvalue weighted by Gasteiger charge is -2.23. The van der Waals surface area contributed by atoms with Crippen molar-refractivity contribution >= 4 is 22.5 Å². The first kappa shape index (κ1) is 29.9. The molecule has 0 bridgehead atoms. The Morgan fingerprint density at radius 3 is 2.73 bits per heavy atom. The summed E-state index contributed by atoms with van der Waals surface area (Å²) in [5, 5.41) is 18.3. The number of nitrogens with one attached hydrogen (secondary N) is 2. The Bertz CT molecular complexity index is 1910. The van der Waals surface area contributed by atoms with Crippen LogP contribution < -0.4 is 15.4 Å². The molecule has 5 aromatic rings. The van der Waals surface area contributed by atoms with Gasteiger partial charge in [-0.05, 0) is 86.5 Å². The highest BCUT2D eigenvalue weighted by atomic mass is 16.5. The van der Waals surface area contributed by atoms with Gasteiger partial charge >= 0.3 is 0 Å². The van der Waals surface area contributed by atoms with Gasteiger partial charge in [-0.15, -0.1) is 0 Å². The molecule has 6 rings (SSSR count). The van der Waals surface area contributed by atoms with E-state index in [4.69, 9.17) is 9.72 Å². The van der Waals surface area contributed by atoms with Gasteiger partial charge in [-0.25, -0.2) is 15.0 Å². The van der Waals surface area contributed by atoms with Crippen LogP contribution in [0.3, 0.4) is 0 Å². The van der Waals surface area contributed by atoms with Gasteiger partial charge in [0.2, 0.25) is 11.8 Å². The van der Waals surface area contributed by atoms with E-state index in [0.717, 1.165) is 59.0 Å². The van der Waals surface area contributed by atoms with Crippen molar-refractivity contribution < 1.29 is 9.53 Å². The van der Waals surface area contributed by atoms with E-state index in [1.165, 1.54) is 0 Å². The summed E-state index contributed by atoms with van der Waals surface area (Å²) in [6.45, 7) is 7.63. The van der Waals surface area contributed by atoms with Crippen molar-refractivity contribution in [3.05, 3.63) is 107 Å². The summed E-state index contributed by atoms with van der Waals surface area (Å²) in [5.74, 6) is 1.69. The van der Waals surface area contributed by atoms with Crippen molar-refractivity contribution in [1.82, 2.24) is 20.3 Å². The second-order valence-corrected chi connectivity index (χ2v) is 12.1. The summed E-state index contributed by atoms with van der Waals surface area (Å²) in [5.41, 5.74) is 4.05. The lowest BCUT2D eigenvalue weighted by Crippen LogP contribution is -2.38. The molecule has 0 saturated carbocycles. The minimum absolute atomic E-state index is 0.00896. The van der Waals surface area contributed by atoms with Crippen molar-refractivity contribution in [1.29, 1.82) is 5.26 Å². The number of hydrogen-bond acceptors (Lipinski definition) is 8. The van der Waals surface area contributed by atoms with Gasteiger partial charge in [0.15, 0.2) is 5.78 Å². The summed E-state index contributed by atoms with van der Waals surface area (Å²) < 4.78 is 6.59. The standard InChI is InChI=1S/C37H36N6O2/c1-24-14-15-29-25(21-33(44)26-9-4-10-27(20-26)37(2,3)23-38)8-5-12-30(29)34(24)45-35-31(13-7-18-40-35)32-16-19-41-36(43-32)42-28-11-6-17-39-22-28/h4-5,7-10,12-16,18-20,28,39H,6,11,17,21-22H2,1-3H3,(H,41,42,43)/t28-/m0/s1. The van der Waals surface area contributed by atoms with E-state index >= 15 is 0 Å². The summed E-state index contributed by atoms with van der Waals surface area (Å²) in [4.78, 5) is 27.3. The van der Waals surface area contributed by atoms with E-state index in [1.807, 2.05) is 93.6 Å². The molecule has 0 unspecified atom stereocenters. The van der Waals surface area contributed by atoms with Crippen molar-refractivity contribution in [3.8, 4) is 29.0 Å². The number of piperidine rings is 1. The Balaban J connectivity index is 1.30. The number of rotatable bonds is 9. The second-order valence-electron chi connectivity index (χ2n) is 12.1. The molecule has 0 spiro atoms. The maximum absolute atomic E-state index is 13.5. The van der Waals surface area contributed by atoms with Gasteiger partial charge in [0.05, 0.1) is 22.7 Å². The number of ketones is 1. The Morgan fingerprint density at radius 2 is 1.91 bits per heavy atom. The van der Waals surface area contributed by atoms with Crippen molar-refractivity contribution in [2.45, 2.75) is 51.5 Å². The quantitative estimate of drug-likeness (QED) is 0.172. The summed E-state index contributed by atoms with van der Waals surface area (Å²) >= 11 is 0. The minimum Gasteiger partial charge on any atom is -0.437 e. The molecule has 0 radical (unpaired) electrons. The number of ether oxygens (including phenoxy) is 1. The fourth-order valence-corrected chi connectivity index (χ4v) is 5.71. The molecular formula is C37H36N6O2. The molecule has 45 heavy (non-hydrogen) atoms. The minimum atomic E-state index is -0.680. The predicted molar refractivity (Wildman–Crippen MR) is 177 cm³/mol. The van der Waals surface area contributed by atoms with Crippen LogP contribution in [-0.2, 0) is 11.8 Å². The fourth-order valence-electron chi connectivity index (χ4n) is 5.71. The number of nitriles is 1. The summed E-state index contributed by atoms with van der Waals surface area (Å²) in [6, 6.07) is 25.6. The van der Waals surface area contributed by atoms with Crippen LogP contribution in [0.2, 0.25) is 0 Å². The number of nitrogens with zero attached hydrogens (tertiary/aromatic N) is 4. The lowest BCUT2D eigenvalue weighted by molar-refractivity contribution is 0.0993. The number of carbonyl (C=O) groups excluding carboxylic acids is 1. The molecule has 0 aliphatic carbocycles. The summed E-state index contributed by atoms with van der Waals surface area (Å²) in [6.07, 6.45) is 5.87. The van der Waals surface area contributed by atoms with Gasteiger partial charge in [0, 0.05) is 42.4 Å².